The fourth-order valence-electron chi connectivity index (χ4n) is 1.60. The summed E-state index contributed by atoms with van der Waals surface area (Å²) in [5, 5.41) is 1.61. The number of alkyl halides is 7. The average Bonchev–Trinajstić information content (AvgIpc) is 2.46. The number of benzene rings is 1. The molecule has 1 rings (SSSR count). The molecule has 10 heteroatoms. The molecule has 0 unspecified atom stereocenters. The molecule has 0 heterocycles. The van der Waals surface area contributed by atoms with Gasteiger partial charge in [-0.1, -0.05) is 29.3 Å². The number of anilines is 1. The van der Waals surface area contributed by atoms with E-state index in [4.69, 9.17) is 4.74 Å². The Morgan fingerprint density at radius 2 is 1.58 bits per heavy atom. The van der Waals surface area contributed by atoms with Crippen LogP contribution in [0.1, 0.15) is 19.8 Å². The molecule has 0 saturated carbocycles. The highest BCUT2D eigenvalue weighted by Crippen LogP contribution is 2.50. The van der Waals surface area contributed by atoms with Crippen molar-refractivity contribution < 1.29 is 35.9 Å². The predicted molar refractivity (Wildman–Crippen MR) is 79.2 cm³/mol. The molecule has 0 aliphatic heterocycles. The van der Waals surface area contributed by atoms with E-state index in [0.29, 0.717) is 12.4 Å². The summed E-state index contributed by atoms with van der Waals surface area (Å²) in [4.78, 5) is 11.6. The number of ether oxygens (including phenoxy) is 1. The molecule has 0 saturated heterocycles. The van der Waals surface area contributed by atoms with Crippen LogP contribution in [0, 0.1) is 0 Å². The van der Waals surface area contributed by atoms with Crippen LogP contribution in [0.15, 0.2) is 24.3 Å². The molecule has 1 aromatic carbocycles. The van der Waals surface area contributed by atoms with E-state index in [1.165, 1.54) is 28.1 Å². The van der Waals surface area contributed by atoms with Gasteiger partial charge < -0.3 is 10.1 Å². The third-order valence-corrected chi connectivity index (χ3v) is 4.23. The lowest BCUT2D eigenvalue weighted by molar-refractivity contribution is -0.253. The lowest BCUT2D eigenvalue weighted by Gasteiger charge is -2.30. The normalized spacial score (nSPS) is 12.8. The smallest absolute Gasteiger partial charge is 0.421 e. The molecule has 136 valence electrons. The van der Waals surface area contributed by atoms with E-state index in [2.05, 4.69) is 0 Å². The number of hydrogen-bond donors (Lipinski definition) is 1. The quantitative estimate of drug-likeness (QED) is 0.396. The molecule has 0 aliphatic carbocycles. The molecule has 0 radical (unpaired) electrons. The minimum Gasteiger partial charge on any atom is -0.494 e. The van der Waals surface area contributed by atoms with Gasteiger partial charge in [0.1, 0.15) is 5.75 Å². The fraction of sp³-hybridized carbons (Fsp3) is 0.500. The van der Waals surface area contributed by atoms with Crippen molar-refractivity contribution in [3.8, 4) is 5.75 Å². The first kappa shape index (κ1) is 20.6. The van der Waals surface area contributed by atoms with Crippen LogP contribution >= 0.6 is 15.9 Å². The third-order valence-electron chi connectivity index (χ3n) is 2.97. The Labute approximate surface area is 142 Å². The molecule has 0 aromatic heterocycles. The number of hydrogen-bond acceptors (Lipinski definition) is 2. The average molecular weight is 422 g/mol. The standard InChI is InChI=1S/C14H14BrF6NO2/c1-2-3-8-24-10-6-4-9(5-7-10)22-11(23)12(15,13(16,17)18)14(19,20)21/h4-7H,2-3,8H2,1H3,(H,22,23). The van der Waals surface area contributed by atoms with Crippen LogP contribution in [0.4, 0.5) is 32.0 Å². The lowest BCUT2D eigenvalue weighted by Crippen LogP contribution is -2.59. The van der Waals surface area contributed by atoms with Crippen molar-refractivity contribution in [1.29, 1.82) is 0 Å². The van der Waals surface area contributed by atoms with Crippen molar-refractivity contribution in [2.75, 3.05) is 11.9 Å². The molecule has 0 aliphatic rings. The first-order valence-electron chi connectivity index (χ1n) is 6.80. The van der Waals surface area contributed by atoms with Gasteiger partial charge in [0, 0.05) is 5.69 Å². The summed E-state index contributed by atoms with van der Waals surface area (Å²) in [6.07, 6.45) is -10.0. The van der Waals surface area contributed by atoms with Gasteiger partial charge in [0.15, 0.2) is 0 Å². The lowest BCUT2D eigenvalue weighted by atomic mass is 10.1. The molecule has 1 amide bonds. The minimum atomic E-state index is -5.86. The zero-order valence-corrected chi connectivity index (χ0v) is 14.0. The molecule has 0 bridgehead atoms. The number of amides is 1. The Morgan fingerprint density at radius 3 is 2.00 bits per heavy atom. The van der Waals surface area contributed by atoms with Crippen LogP contribution in [0.5, 0.6) is 5.75 Å². The summed E-state index contributed by atoms with van der Waals surface area (Å²) in [5.41, 5.74) is -0.222. The summed E-state index contributed by atoms with van der Waals surface area (Å²) >= 11 is 1.52. The van der Waals surface area contributed by atoms with Crippen LogP contribution in [0.25, 0.3) is 0 Å². The van der Waals surface area contributed by atoms with Crippen LogP contribution in [0.3, 0.4) is 0 Å². The maximum Gasteiger partial charge on any atom is 0.421 e. The van der Waals surface area contributed by atoms with Gasteiger partial charge >= 0.3 is 12.4 Å². The Kier molecular flexibility index (Phi) is 6.54. The summed E-state index contributed by atoms with van der Waals surface area (Å²) in [6.45, 7) is 2.38. The summed E-state index contributed by atoms with van der Waals surface area (Å²) in [6, 6.07) is 4.98. The first-order chi connectivity index (χ1) is 10.9. The monoisotopic (exact) mass is 421 g/mol. The second-order valence-corrected chi connectivity index (χ2v) is 6.02. The van der Waals surface area contributed by atoms with Gasteiger partial charge in [-0.2, -0.15) is 26.3 Å². The molecule has 24 heavy (non-hydrogen) atoms. The van der Waals surface area contributed by atoms with Gasteiger partial charge in [-0.15, -0.1) is 0 Å². The molecular weight excluding hydrogens is 408 g/mol. The summed E-state index contributed by atoms with van der Waals surface area (Å²) in [7, 11) is 0. The maximum atomic E-state index is 12.7. The Morgan fingerprint density at radius 1 is 1.08 bits per heavy atom. The number of halogens is 7. The third kappa shape index (κ3) is 4.55. The highest BCUT2D eigenvalue weighted by molar-refractivity contribution is 9.10. The second-order valence-electron chi connectivity index (χ2n) is 4.83. The topological polar surface area (TPSA) is 38.3 Å². The van der Waals surface area contributed by atoms with Gasteiger partial charge in [-0.3, -0.25) is 4.79 Å². The largest absolute Gasteiger partial charge is 0.494 e. The molecule has 1 N–H and O–H groups in total. The van der Waals surface area contributed by atoms with Crippen molar-refractivity contribution in [3.05, 3.63) is 24.3 Å². The highest BCUT2D eigenvalue weighted by Gasteiger charge is 2.74. The van der Waals surface area contributed by atoms with E-state index in [9.17, 15) is 31.1 Å². The zero-order chi connectivity index (χ0) is 18.6. The van der Waals surface area contributed by atoms with E-state index < -0.39 is 22.6 Å². The van der Waals surface area contributed by atoms with Gasteiger partial charge in [-0.25, -0.2) is 0 Å². The number of carbonyl (C=O) groups excluding carboxylic acids is 1. The van der Waals surface area contributed by atoms with Crippen LogP contribution in [0.2, 0.25) is 0 Å². The van der Waals surface area contributed by atoms with E-state index >= 15 is 0 Å². The van der Waals surface area contributed by atoms with E-state index in [-0.39, 0.29) is 5.69 Å². The summed E-state index contributed by atoms with van der Waals surface area (Å²) in [5.74, 6) is -1.89. The molecule has 0 spiro atoms. The molecule has 1 aromatic rings. The zero-order valence-electron chi connectivity index (χ0n) is 12.4. The van der Waals surface area contributed by atoms with E-state index in [0.717, 1.165) is 25.0 Å². The Balaban J connectivity index is 2.89. The molecule has 0 fully saturated rings. The second kappa shape index (κ2) is 7.62. The van der Waals surface area contributed by atoms with Crippen LogP contribution < -0.4 is 10.1 Å². The van der Waals surface area contributed by atoms with Crippen molar-refractivity contribution in [3.63, 3.8) is 0 Å². The fourth-order valence-corrected chi connectivity index (χ4v) is 1.70. The minimum absolute atomic E-state index is 0.222. The van der Waals surface area contributed by atoms with E-state index in [1.807, 2.05) is 6.92 Å². The highest BCUT2D eigenvalue weighted by atomic mass is 79.9. The first-order valence-corrected chi connectivity index (χ1v) is 7.59. The summed E-state index contributed by atoms with van der Waals surface area (Å²) < 4.78 is 77.1. The SMILES string of the molecule is CCCCOc1ccc(NC(=O)C(Br)(C(F)(F)F)C(F)(F)F)cc1. The number of nitrogens with one attached hydrogen (secondary N) is 1. The Bertz CT molecular complexity index is 542. The number of unbranched alkanes of at least 4 members (excludes halogenated alkanes) is 1. The van der Waals surface area contributed by atoms with Gasteiger partial charge in [0.25, 0.3) is 10.2 Å². The molecule has 0 atom stereocenters. The van der Waals surface area contributed by atoms with E-state index in [1.54, 1.807) is 5.32 Å². The molecule has 3 nitrogen and oxygen atoms in total. The van der Waals surface area contributed by atoms with Gasteiger partial charge in [-0.05, 0) is 30.7 Å². The van der Waals surface area contributed by atoms with Crippen molar-refractivity contribution in [2.24, 2.45) is 0 Å². The number of rotatable bonds is 6. The van der Waals surface area contributed by atoms with Gasteiger partial charge in [0.05, 0.1) is 6.61 Å². The van der Waals surface area contributed by atoms with Crippen molar-refractivity contribution in [1.82, 2.24) is 0 Å². The van der Waals surface area contributed by atoms with Crippen molar-refractivity contribution in [2.45, 2.75) is 36.4 Å². The number of carbonyl (C=O) groups is 1. The molecular formula is C14H14BrF6NO2. The predicted octanol–water partition coefficient (Wildman–Crippen LogP) is 5.06. The van der Waals surface area contributed by atoms with Crippen LogP contribution in [-0.4, -0.2) is 29.2 Å². The Hall–Kier alpha value is -1.45. The van der Waals surface area contributed by atoms with Gasteiger partial charge in [0.2, 0.25) is 0 Å². The van der Waals surface area contributed by atoms with Crippen molar-refractivity contribution >= 4 is 27.5 Å². The maximum absolute atomic E-state index is 12.7. The van der Waals surface area contributed by atoms with Crippen LogP contribution in [-0.2, 0) is 4.79 Å².